The summed E-state index contributed by atoms with van der Waals surface area (Å²) in [7, 11) is -3.09. The van der Waals surface area contributed by atoms with Gasteiger partial charge in [0.05, 0.1) is 12.3 Å². The number of carbonyl (C=O) groups excluding carboxylic acids is 2. The molecule has 0 aromatic rings. The molecule has 1 saturated heterocycles. The van der Waals surface area contributed by atoms with E-state index in [0.29, 0.717) is 13.0 Å². The van der Waals surface area contributed by atoms with E-state index in [1.54, 1.807) is 0 Å². The Morgan fingerprint density at radius 2 is 2.14 bits per heavy atom. The van der Waals surface area contributed by atoms with E-state index in [4.69, 9.17) is 0 Å². The molecule has 1 aliphatic rings. The van der Waals surface area contributed by atoms with Crippen molar-refractivity contribution < 1.29 is 18.0 Å². The number of likely N-dealkylation sites (tertiary alicyclic amines) is 1. The standard InChI is InChI=1S/C8H13NO4S/c1-14(12,13)5-3-8(11)9-4-2-7(10)6-9/h2-6H2,1H3. The fourth-order valence-corrected chi connectivity index (χ4v) is 1.82. The highest BCUT2D eigenvalue weighted by atomic mass is 32.2. The fraction of sp³-hybridized carbons (Fsp3) is 0.750. The minimum atomic E-state index is -3.09. The summed E-state index contributed by atoms with van der Waals surface area (Å²) in [5.74, 6) is -0.352. The van der Waals surface area contributed by atoms with Crippen LogP contribution in [0.2, 0.25) is 0 Å². The SMILES string of the molecule is CS(=O)(=O)CCC(=O)N1CCC(=O)C1. The van der Waals surface area contributed by atoms with Crippen molar-refractivity contribution in [2.24, 2.45) is 0 Å². The van der Waals surface area contributed by atoms with Crippen molar-refractivity contribution in [2.45, 2.75) is 12.8 Å². The smallest absolute Gasteiger partial charge is 0.224 e. The second kappa shape index (κ2) is 4.08. The monoisotopic (exact) mass is 219 g/mol. The first kappa shape index (κ1) is 11.2. The maximum atomic E-state index is 11.3. The summed E-state index contributed by atoms with van der Waals surface area (Å²) in [5, 5.41) is 0. The lowest BCUT2D eigenvalue weighted by Gasteiger charge is -2.13. The molecule has 0 N–H and O–H groups in total. The Morgan fingerprint density at radius 3 is 2.57 bits per heavy atom. The van der Waals surface area contributed by atoms with Gasteiger partial charge in [0.15, 0.2) is 5.78 Å². The predicted octanol–water partition coefficient (Wildman–Crippen LogP) is -0.777. The van der Waals surface area contributed by atoms with Crippen LogP contribution in [-0.2, 0) is 19.4 Å². The van der Waals surface area contributed by atoms with Crippen molar-refractivity contribution in [3.63, 3.8) is 0 Å². The number of hydrogen-bond acceptors (Lipinski definition) is 4. The summed E-state index contributed by atoms with van der Waals surface area (Å²) in [6.07, 6.45) is 1.46. The first-order valence-corrected chi connectivity index (χ1v) is 6.42. The third kappa shape index (κ3) is 3.45. The van der Waals surface area contributed by atoms with E-state index in [-0.39, 0.29) is 30.4 Å². The van der Waals surface area contributed by atoms with Gasteiger partial charge in [-0.25, -0.2) is 8.42 Å². The topological polar surface area (TPSA) is 71.5 Å². The first-order valence-electron chi connectivity index (χ1n) is 4.36. The molecule has 1 heterocycles. The van der Waals surface area contributed by atoms with Crippen molar-refractivity contribution in [1.29, 1.82) is 0 Å². The van der Waals surface area contributed by atoms with Gasteiger partial charge < -0.3 is 4.90 Å². The van der Waals surface area contributed by atoms with E-state index in [0.717, 1.165) is 6.26 Å². The quantitative estimate of drug-likeness (QED) is 0.624. The van der Waals surface area contributed by atoms with E-state index in [1.165, 1.54) is 4.90 Å². The van der Waals surface area contributed by atoms with Crippen LogP contribution in [-0.4, -0.2) is 50.1 Å². The van der Waals surface area contributed by atoms with Gasteiger partial charge in [0.1, 0.15) is 9.84 Å². The molecule has 0 saturated carbocycles. The van der Waals surface area contributed by atoms with Crippen LogP contribution in [0.25, 0.3) is 0 Å². The molecule has 0 aromatic heterocycles. The van der Waals surface area contributed by atoms with Gasteiger partial charge in [0.25, 0.3) is 0 Å². The van der Waals surface area contributed by atoms with Gasteiger partial charge in [0.2, 0.25) is 5.91 Å². The van der Waals surface area contributed by atoms with Crippen molar-refractivity contribution in [2.75, 3.05) is 25.1 Å². The van der Waals surface area contributed by atoms with Crippen LogP contribution in [0.5, 0.6) is 0 Å². The first-order chi connectivity index (χ1) is 6.38. The third-order valence-corrected chi connectivity index (χ3v) is 3.01. The summed E-state index contributed by atoms with van der Waals surface area (Å²) < 4.78 is 21.6. The van der Waals surface area contributed by atoms with Crippen LogP contribution < -0.4 is 0 Å². The second-order valence-electron chi connectivity index (χ2n) is 3.48. The van der Waals surface area contributed by atoms with Gasteiger partial charge in [-0.2, -0.15) is 0 Å². The van der Waals surface area contributed by atoms with Crippen LogP contribution in [0, 0.1) is 0 Å². The maximum absolute atomic E-state index is 11.3. The number of ketones is 1. The second-order valence-corrected chi connectivity index (χ2v) is 5.74. The van der Waals surface area contributed by atoms with Gasteiger partial charge in [-0.05, 0) is 0 Å². The average molecular weight is 219 g/mol. The molecule has 0 radical (unpaired) electrons. The molecule has 6 heteroatoms. The molecule has 0 unspecified atom stereocenters. The summed E-state index contributed by atoms with van der Waals surface area (Å²) >= 11 is 0. The molecule has 0 aliphatic carbocycles. The number of amides is 1. The van der Waals surface area contributed by atoms with Crippen molar-refractivity contribution in [3.05, 3.63) is 0 Å². The molecule has 0 bridgehead atoms. The Labute approximate surface area is 83.0 Å². The highest BCUT2D eigenvalue weighted by Gasteiger charge is 2.24. The van der Waals surface area contributed by atoms with Crippen molar-refractivity contribution >= 4 is 21.5 Å². The Morgan fingerprint density at radius 1 is 1.50 bits per heavy atom. The highest BCUT2D eigenvalue weighted by molar-refractivity contribution is 7.90. The van der Waals surface area contributed by atoms with Gasteiger partial charge in [-0.3, -0.25) is 9.59 Å². The molecule has 0 spiro atoms. The maximum Gasteiger partial charge on any atom is 0.224 e. The molecular formula is C8H13NO4S. The number of hydrogen-bond donors (Lipinski definition) is 0. The lowest BCUT2D eigenvalue weighted by Crippen LogP contribution is -2.30. The lowest BCUT2D eigenvalue weighted by atomic mass is 10.4. The largest absolute Gasteiger partial charge is 0.335 e. The molecule has 1 fully saturated rings. The lowest BCUT2D eigenvalue weighted by molar-refractivity contribution is -0.131. The summed E-state index contributed by atoms with van der Waals surface area (Å²) in [4.78, 5) is 23.6. The Balaban J connectivity index is 2.40. The molecule has 5 nitrogen and oxygen atoms in total. The number of nitrogens with zero attached hydrogens (tertiary/aromatic N) is 1. The Bertz CT molecular complexity index is 346. The number of rotatable bonds is 3. The highest BCUT2D eigenvalue weighted by Crippen LogP contribution is 2.06. The minimum absolute atomic E-state index is 0.0217. The Kier molecular flexibility index (Phi) is 3.25. The van der Waals surface area contributed by atoms with Gasteiger partial charge in [0, 0.05) is 25.6 Å². The number of Topliss-reactive ketones (excluding diaryl/α,β-unsaturated/α-hetero) is 1. The van der Waals surface area contributed by atoms with E-state index in [1.807, 2.05) is 0 Å². The molecule has 1 rings (SSSR count). The zero-order valence-corrected chi connectivity index (χ0v) is 8.84. The van der Waals surface area contributed by atoms with Crippen LogP contribution in [0.1, 0.15) is 12.8 Å². The van der Waals surface area contributed by atoms with Crippen LogP contribution in [0.15, 0.2) is 0 Å². The van der Waals surface area contributed by atoms with Gasteiger partial charge >= 0.3 is 0 Å². The molecule has 0 aromatic carbocycles. The predicted molar refractivity (Wildman–Crippen MR) is 50.5 cm³/mol. The summed E-state index contributed by atoms with van der Waals surface area (Å²) in [6.45, 7) is 0.573. The molecule has 1 aliphatic heterocycles. The van der Waals surface area contributed by atoms with Crippen molar-refractivity contribution in [3.8, 4) is 0 Å². The summed E-state index contributed by atoms with van der Waals surface area (Å²) in [6, 6.07) is 0. The number of carbonyl (C=O) groups is 2. The molecule has 80 valence electrons. The summed E-state index contributed by atoms with van der Waals surface area (Å²) in [5.41, 5.74) is 0. The van der Waals surface area contributed by atoms with E-state index in [9.17, 15) is 18.0 Å². The van der Waals surface area contributed by atoms with Crippen LogP contribution in [0.3, 0.4) is 0 Å². The van der Waals surface area contributed by atoms with E-state index >= 15 is 0 Å². The molecule has 14 heavy (non-hydrogen) atoms. The number of sulfone groups is 1. The molecule has 1 amide bonds. The zero-order valence-electron chi connectivity index (χ0n) is 8.02. The average Bonchev–Trinajstić information content (AvgIpc) is 2.46. The third-order valence-electron chi connectivity index (χ3n) is 2.07. The fourth-order valence-electron chi connectivity index (χ4n) is 1.27. The molecule has 0 atom stereocenters. The van der Waals surface area contributed by atoms with Crippen LogP contribution >= 0.6 is 0 Å². The van der Waals surface area contributed by atoms with Crippen molar-refractivity contribution in [1.82, 2.24) is 4.90 Å². The van der Waals surface area contributed by atoms with Gasteiger partial charge in [-0.15, -0.1) is 0 Å². The molecular weight excluding hydrogens is 206 g/mol. The van der Waals surface area contributed by atoms with Gasteiger partial charge in [-0.1, -0.05) is 0 Å². The van der Waals surface area contributed by atoms with Crippen LogP contribution in [0.4, 0.5) is 0 Å². The zero-order chi connectivity index (χ0) is 10.8. The Hall–Kier alpha value is -0.910. The van der Waals surface area contributed by atoms with E-state index < -0.39 is 9.84 Å². The van der Waals surface area contributed by atoms with E-state index in [2.05, 4.69) is 0 Å². The minimum Gasteiger partial charge on any atom is -0.335 e. The normalized spacial score (nSPS) is 17.5.